The first-order valence-electron chi connectivity index (χ1n) is 8.36. The third kappa shape index (κ3) is 4.53. The minimum Gasteiger partial charge on any atom is -0.492 e. The second-order valence-electron chi connectivity index (χ2n) is 6.01. The molecule has 3 rings (SSSR count). The lowest BCUT2D eigenvalue weighted by atomic mass is 10.0. The molecule has 0 bridgehead atoms. The Balaban J connectivity index is 1.63. The Morgan fingerprint density at radius 1 is 1.22 bits per heavy atom. The Bertz CT molecular complexity index is 626. The summed E-state index contributed by atoms with van der Waals surface area (Å²) in [5.74, 6) is 0.822. The zero-order valence-corrected chi connectivity index (χ0v) is 13.4. The van der Waals surface area contributed by atoms with Gasteiger partial charge in [-0.05, 0) is 49.4 Å². The van der Waals surface area contributed by atoms with E-state index in [1.54, 1.807) is 6.20 Å². The molecule has 2 N–H and O–H groups in total. The highest BCUT2D eigenvalue weighted by atomic mass is 16.5. The van der Waals surface area contributed by atoms with Gasteiger partial charge < -0.3 is 15.2 Å². The first-order valence-corrected chi connectivity index (χ1v) is 8.36. The van der Waals surface area contributed by atoms with Crippen molar-refractivity contribution >= 4 is 0 Å². The second-order valence-corrected chi connectivity index (χ2v) is 6.01. The van der Waals surface area contributed by atoms with E-state index >= 15 is 0 Å². The molecule has 1 aromatic heterocycles. The van der Waals surface area contributed by atoms with Crippen LogP contribution in [0.15, 0.2) is 42.7 Å². The van der Waals surface area contributed by atoms with E-state index in [4.69, 9.17) is 9.84 Å². The molecule has 1 aromatic carbocycles. The standard InChI is InChI=1S/C19H24N2O2/c22-9-2-4-15-3-1-5-16(11-15)17-12-19(14-20-13-17)23-10-7-18-6-8-21-18/h1,3,5,11-14,18,21-22H,2,4,6-10H2. The van der Waals surface area contributed by atoms with Crippen molar-refractivity contribution in [3.05, 3.63) is 48.3 Å². The fraction of sp³-hybridized carbons (Fsp3) is 0.421. The van der Waals surface area contributed by atoms with Crippen LogP contribution in [0.4, 0.5) is 0 Å². The summed E-state index contributed by atoms with van der Waals surface area (Å²) in [5, 5.41) is 12.3. The Hall–Kier alpha value is -1.91. The average molecular weight is 312 g/mol. The molecule has 0 aliphatic carbocycles. The van der Waals surface area contributed by atoms with Gasteiger partial charge in [-0.1, -0.05) is 24.3 Å². The summed E-state index contributed by atoms with van der Waals surface area (Å²) < 4.78 is 5.83. The van der Waals surface area contributed by atoms with E-state index < -0.39 is 0 Å². The quantitative estimate of drug-likeness (QED) is 0.787. The van der Waals surface area contributed by atoms with Gasteiger partial charge in [0.25, 0.3) is 0 Å². The first-order chi connectivity index (χ1) is 11.3. The number of pyridine rings is 1. The van der Waals surface area contributed by atoms with Crippen LogP contribution in [0.2, 0.25) is 0 Å². The molecule has 1 fully saturated rings. The highest BCUT2D eigenvalue weighted by molar-refractivity contribution is 5.64. The van der Waals surface area contributed by atoms with Crippen LogP contribution in [0, 0.1) is 0 Å². The fourth-order valence-corrected chi connectivity index (χ4v) is 2.76. The molecule has 0 radical (unpaired) electrons. The third-order valence-corrected chi connectivity index (χ3v) is 4.26. The first kappa shape index (κ1) is 16.0. The van der Waals surface area contributed by atoms with Gasteiger partial charge in [0.2, 0.25) is 0 Å². The molecule has 0 spiro atoms. The van der Waals surface area contributed by atoms with Gasteiger partial charge in [0.1, 0.15) is 5.75 Å². The number of aromatic nitrogens is 1. The Morgan fingerprint density at radius 2 is 2.13 bits per heavy atom. The van der Waals surface area contributed by atoms with Crippen LogP contribution in [0.1, 0.15) is 24.8 Å². The molecule has 23 heavy (non-hydrogen) atoms. The molecule has 1 atom stereocenters. The zero-order chi connectivity index (χ0) is 15.9. The molecule has 0 saturated carbocycles. The predicted octanol–water partition coefficient (Wildman–Crippen LogP) is 2.80. The van der Waals surface area contributed by atoms with Crippen molar-refractivity contribution in [3.63, 3.8) is 0 Å². The lowest BCUT2D eigenvalue weighted by molar-refractivity contribution is 0.252. The Kier molecular flexibility index (Phi) is 5.61. The normalized spacial score (nSPS) is 16.8. The summed E-state index contributed by atoms with van der Waals surface area (Å²) in [4.78, 5) is 4.30. The van der Waals surface area contributed by atoms with Gasteiger partial charge in [0.05, 0.1) is 12.8 Å². The van der Waals surface area contributed by atoms with Crippen LogP contribution < -0.4 is 10.1 Å². The third-order valence-electron chi connectivity index (χ3n) is 4.26. The number of hydrogen-bond donors (Lipinski definition) is 2. The molecule has 1 saturated heterocycles. The van der Waals surface area contributed by atoms with Crippen molar-refractivity contribution in [1.82, 2.24) is 10.3 Å². The summed E-state index contributed by atoms with van der Waals surface area (Å²) in [7, 11) is 0. The van der Waals surface area contributed by atoms with E-state index in [1.165, 1.54) is 12.0 Å². The predicted molar refractivity (Wildman–Crippen MR) is 91.6 cm³/mol. The molecule has 1 unspecified atom stereocenters. The summed E-state index contributed by atoms with van der Waals surface area (Å²) in [6, 6.07) is 11.1. The number of rotatable bonds is 8. The van der Waals surface area contributed by atoms with E-state index in [0.717, 1.165) is 49.3 Å². The average Bonchev–Trinajstić information content (AvgIpc) is 2.56. The minimum atomic E-state index is 0.227. The van der Waals surface area contributed by atoms with Gasteiger partial charge in [-0.3, -0.25) is 4.98 Å². The van der Waals surface area contributed by atoms with Gasteiger partial charge in [0.15, 0.2) is 0 Å². The number of hydrogen-bond acceptors (Lipinski definition) is 4. The van der Waals surface area contributed by atoms with Crippen LogP contribution in [0.25, 0.3) is 11.1 Å². The van der Waals surface area contributed by atoms with Crippen molar-refractivity contribution in [2.24, 2.45) is 0 Å². The maximum Gasteiger partial charge on any atom is 0.138 e. The van der Waals surface area contributed by atoms with Crippen molar-refractivity contribution in [3.8, 4) is 16.9 Å². The number of nitrogens with one attached hydrogen (secondary N) is 1. The second kappa shape index (κ2) is 8.09. The van der Waals surface area contributed by atoms with Gasteiger partial charge >= 0.3 is 0 Å². The fourth-order valence-electron chi connectivity index (χ4n) is 2.76. The number of aryl methyl sites for hydroxylation is 1. The maximum absolute atomic E-state index is 8.96. The molecular weight excluding hydrogens is 288 g/mol. The van der Waals surface area contributed by atoms with Crippen LogP contribution in [0.5, 0.6) is 5.75 Å². The summed E-state index contributed by atoms with van der Waals surface area (Å²) in [6.07, 6.45) is 7.62. The topological polar surface area (TPSA) is 54.4 Å². The summed E-state index contributed by atoms with van der Waals surface area (Å²) >= 11 is 0. The summed E-state index contributed by atoms with van der Waals surface area (Å²) in [5.41, 5.74) is 3.44. The van der Waals surface area contributed by atoms with Crippen molar-refractivity contribution in [2.45, 2.75) is 31.7 Å². The lowest BCUT2D eigenvalue weighted by Crippen LogP contribution is -2.43. The number of benzene rings is 1. The molecule has 4 heteroatoms. The van der Waals surface area contributed by atoms with Gasteiger partial charge in [-0.15, -0.1) is 0 Å². The van der Waals surface area contributed by atoms with E-state index in [9.17, 15) is 0 Å². The highest BCUT2D eigenvalue weighted by Gasteiger charge is 2.15. The van der Waals surface area contributed by atoms with E-state index in [2.05, 4.69) is 34.6 Å². The maximum atomic E-state index is 8.96. The van der Waals surface area contributed by atoms with Crippen LogP contribution in [-0.2, 0) is 6.42 Å². The van der Waals surface area contributed by atoms with E-state index in [-0.39, 0.29) is 6.61 Å². The molecule has 4 nitrogen and oxygen atoms in total. The molecule has 1 aliphatic rings. The van der Waals surface area contributed by atoms with E-state index in [1.807, 2.05) is 12.3 Å². The summed E-state index contributed by atoms with van der Waals surface area (Å²) in [6.45, 7) is 2.08. The Morgan fingerprint density at radius 3 is 2.91 bits per heavy atom. The van der Waals surface area contributed by atoms with Crippen molar-refractivity contribution in [2.75, 3.05) is 19.8 Å². The number of ether oxygens (including phenoxy) is 1. The number of aliphatic hydroxyl groups excluding tert-OH is 1. The van der Waals surface area contributed by atoms with Crippen LogP contribution in [0.3, 0.4) is 0 Å². The van der Waals surface area contributed by atoms with Crippen LogP contribution in [-0.4, -0.2) is 35.9 Å². The highest BCUT2D eigenvalue weighted by Crippen LogP contribution is 2.24. The van der Waals surface area contributed by atoms with Gasteiger partial charge in [0, 0.05) is 24.4 Å². The molecule has 2 heterocycles. The molecule has 0 amide bonds. The van der Waals surface area contributed by atoms with Gasteiger partial charge in [-0.25, -0.2) is 0 Å². The molecule has 2 aromatic rings. The number of aliphatic hydroxyl groups is 1. The SMILES string of the molecule is OCCCc1cccc(-c2cncc(OCCC3CCN3)c2)c1. The smallest absolute Gasteiger partial charge is 0.138 e. The number of nitrogens with zero attached hydrogens (tertiary/aromatic N) is 1. The molecule has 1 aliphatic heterocycles. The van der Waals surface area contributed by atoms with Crippen LogP contribution >= 0.6 is 0 Å². The molecular formula is C19H24N2O2. The lowest BCUT2D eigenvalue weighted by Gasteiger charge is -2.27. The largest absolute Gasteiger partial charge is 0.492 e. The zero-order valence-electron chi connectivity index (χ0n) is 13.4. The van der Waals surface area contributed by atoms with E-state index in [0.29, 0.717) is 6.04 Å². The monoisotopic (exact) mass is 312 g/mol. The van der Waals surface area contributed by atoms with Gasteiger partial charge in [-0.2, -0.15) is 0 Å². The minimum absolute atomic E-state index is 0.227. The van der Waals surface area contributed by atoms with Crippen molar-refractivity contribution < 1.29 is 9.84 Å². The molecule has 122 valence electrons. The Labute approximate surface area is 137 Å². The van der Waals surface area contributed by atoms with Crippen molar-refractivity contribution in [1.29, 1.82) is 0 Å².